The van der Waals surface area contributed by atoms with Crippen molar-refractivity contribution < 1.29 is 42.1 Å². The molecule has 9 nitrogen and oxygen atoms in total. The monoisotopic (exact) mass is 870 g/mol. The minimum Gasteiger partial charge on any atom is -0.756 e. The second-order valence-corrected chi connectivity index (χ2v) is 19.6. The summed E-state index contributed by atoms with van der Waals surface area (Å²) in [5.41, 5.74) is 0. The molecule has 0 N–H and O–H groups in total. The van der Waals surface area contributed by atoms with Crippen LogP contribution < -0.4 is 4.89 Å². The van der Waals surface area contributed by atoms with Gasteiger partial charge in [0.2, 0.25) is 0 Å². The SMILES string of the molecule is CCCCC/C=C\C/C=C\CCCCCCCCCC(=O)OC(COC(=O)CCCCCCCCCCCCCCCCCCCCC)COP(=O)([O-])OCC[N+](C)(C)C. The minimum atomic E-state index is -4.63. The Hall–Kier alpha value is -1.51. The van der Waals surface area contributed by atoms with Crippen LogP contribution in [0, 0.1) is 0 Å². The van der Waals surface area contributed by atoms with Crippen LogP contribution in [0.2, 0.25) is 0 Å². The van der Waals surface area contributed by atoms with Crippen LogP contribution in [0.4, 0.5) is 0 Å². The number of likely N-dealkylation sites (N-methyl/N-ethyl adjacent to an activating group) is 1. The van der Waals surface area contributed by atoms with E-state index in [1.165, 1.54) is 148 Å². The number of unbranched alkanes of at least 4 members (excludes halogenated alkanes) is 28. The quantitative estimate of drug-likeness (QED) is 0.0195. The lowest BCUT2D eigenvalue weighted by molar-refractivity contribution is -0.870. The van der Waals surface area contributed by atoms with Gasteiger partial charge in [-0.25, -0.2) is 0 Å². The molecule has 0 aromatic rings. The van der Waals surface area contributed by atoms with Crippen LogP contribution in [0.15, 0.2) is 24.3 Å². The molecule has 0 aliphatic rings. The first-order valence-electron chi connectivity index (χ1n) is 25.0. The van der Waals surface area contributed by atoms with Gasteiger partial charge >= 0.3 is 11.9 Å². The zero-order valence-electron chi connectivity index (χ0n) is 39.9. The van der Waals surface area contributed by atoms with Crippen molar-refractivity contribution in [1.29, 1.82) is 0 Å². The van der Waals surface area contributed by atoms with Crippen LogP contribution in [-0.4, -0.2) is 70.0 Å². The minimum absolute atomic E-state index is 0.0304. The second-order valence-electron chi connectivity index (χ2n) is 18.2. The molecule has 0 heterocycles. The van der Waals surface area contributed by atoms with E-state index in [1.54, 1.807) is 0 Å². The Morgan fingerprint density at radius 2 is 0.900 bits per heavy atom. The fourth-order valence-electron chi connectivity index (χ4n) is 7.04. The molecule has 2 unspecified atom stereocenters. The Labute approximate surface area is 370 Å². The van der Waals surface area contributed by atoms with Crippen molar-refractivity contribution in [3.63, 3.8) is 0 Å². The summed E-state index contributed by atoms with van der Waals surface area (Å²) >= 11 is 0. The largest absolute Gasteiger partial charge is 0.756 e. The molecule has 0 radical (unpaired) electrons. The van der Waals surface area contributed by atoms with Gasteiger partial charge < -0.3 is 27.9 Å². The van der Waals surface area contributed by atoms with Gasteiger partial charge in [0.15, 0.2) is 6.10 Å². The third-order valence-corrected chi connectivity index (χ3v) is 11.9. The molecule has 0 amide bonds. The predicted molar refractivity (Wildman–Crippen MR) is 250 cm³/mol. The number of phosphoric acid groups is 1. The second kappa shape index (κ2) is 42.8. The number of ether oxygens (including phenoxy) is 2. The zero-order valence-corrected chi connectivity index (χ0v) is 40.8. The molecule has 0 bridgehead atoms. The zero-order chi connectivity index (χ0) is 44.3. The average molecular weight is 870 g/mol. The molecule has 0 fully saturated rings. The molecule has 2 atom stereocenters. The highest BCUT2D eigenvalue weighted by atomic mass is 31.2. The first kappa shape index (κ1) is 58.5. The molecule has 0 aromatic carbocycles. The summed E-state index contributed by atoms with van der Waals surface area (Å²) < 4.78 is 34.0. The highest BCUT2D eigenvalue weighted by molar-refractivity contribution is 7.45. The Kier molecular flexibility index (Phi) is 41.7. The van der Waals surface area contributed by atoms with Gasteiger partial charge in [-0.3, -0.25) is 14.2 Å². The van der Waals surface area contributed by atoms with Crippen LogP contribution in [0.1, 0.15) is 232 Å². The molecular weight excluding hydrogens is 774 g/mol. The number of carbonyl (C=O) groups is 2. The fourth-order valence-corrected chi connectivity index (χ4v) is 7.77. The molecule has 10 heteroatoms. The number of rotatable bonds is 46. The van der Waals surface area contributed by atoms with E-state index >= 15 is 0 Å². The summed E-state index contributed by atoms with van der Waals surface area (Å²) in [5.74, 6) is -0.832. The normalized spacial score (nSPS) is 13.6. The standard InChI is InChI=1S/C50H96NO8P/c1-6-8-10-12-14-16-18-20-22-24-25-27-28-30-32-34-36-38-40-42-49(52)56-46-48(47-58-60(54,55)57-45-44-51(3,4)5)59-50(53)43-41-39-37-35-33-31-29-26-23-21-19-17-15-13-11-9-7-2/h15,17,21,23,48H,6-14,16,18-20,22,24-47H2,1-5H3/b17-15-,23-21-. The molecule has 60 heavy (non-hydrogen) atoms. The van der Waals surface area contributed by atoms with E-state index in [0.717, 1.165) is 51.4 Å². The number of quaternary nitrogens is 1. The third-order valence-electron chi connectivity index (χ3n) is 11.0. The molecule has 0 rings (SSSR count). The number of esters is 2. The van der Waals surface area contributed by atoms with E-state index in [1.807, 2.05) is 21.1 Å². The molecule has 0 aliphatic carbocycles. The first-order valence-corrected chi connectivity index (χ1v) is 26.5. The fraction of sp³-hybridized carbons (Fsp3) is 0.880. The van der Waals surface area contributed by atoms with Crippen molar-refractivity contribution in [2.24, 2.45) is 0 Å². The Balaban J connectivity index is 4.25. The maximum Gasteiger partial charge on any atom is 0.306 e. The number of allylic oxidation sites excluding steroid dienone is 4. The molecule has 0 aliphatic heterocycles. The predicted octanol–water partition coefficient (Wildman–Crippen LogP) is 14.1. The van der Waals surface area contributed by atoms with E-state index in [9.17, 15) is 19.0 Å². The van der Waals surface area contributed by atoms with Gasteiger partial charge in [-0.2, -0.15) is 0 Å². The van der Waals surface area contributed by atoms with Crippen molar-refractivity contribution in [1.82, 2.24) is 0 Å². The highest BCUT2D eigenvalue weighted by Crippen LogP contribution is 2.38. The smallest absolute Gasteiger partial charge is 0.306 e. The van der Waals surface area contributed by atoms with Crippen LogP contribution in [0.3, 0.4) is 0 Å². The Morgan fingerprint density at radius 1 is 0.517 bits per heavy atom. The van der Waals surface area contributed by atoms with Gasteiger partial charge in [-0.15, -0.1) is 0 Å². The third kappa shape index (κ3) is 46.0. The lowest BCUT2D eigenvalue weighted by Crippen LogP contribution is -2.37. The Morgan fingerprint density at radius 3 is 1.35 bits per heavy atom. The van der Waals surface area contributed by atoms with Gasteiger partial charge in [-0.1, -0.05) is 199 Å². The molecular formula is C50H96NO8P. The van der Waals surface area contributed by atoms with E-state index in [-0.39, 0.29) is 32.0 Å². The summed E-state index contributed by atoms with van der Waals surface area (Å²) in [7, 11) is 1.17. The summed E-state index contributed by atoms with van der Waals surface area (Å²) in [6, 6.07) is 0. The number of phosphoric ester groups is 1. The number of hydrogen-bond acceptors (Lipinski definition) is 8. The van der Waals surface area contributed by atoms with E-state index in [2.05, 4.69) is 38.2 Å². The maximum atomic E-state index is 12.7. The van der Waals surface area contributed by atoms with Crippen molar-refractivity contribution >= 4 is 19.8 Å². The molecule has 0 saturated carbocycles. The van der Waals surface area contributed by atoms with Crippen molar-refractivity contribution in [2.75, 3.05) is 47.5 Å². The van der Waals surface area contributed by atoms with Crippen LogP contribution in [0.5, 0.6) is 0 Å². The van der Waals surface area contributed by atoms with E-state index < -0.39 is 26.5 Å². The van der Waals surface area contributed by atoms with Crippen LogP contribution in [0.25, 0.3) is 0 Å². The number of nitrogens with zero attached hydrogens (tertiary/aromatic N) is 1. The van der Waals surface area contributed by atoms with Crippen LogP contribution in [-0.2, 0) is 32.7 Å². The van der Waals surface area contributed by atoms with Gasteiger partial charge in [0.25, 0.3) is 7.82 Å². The highest BCUT2D eigenvalue weighted by Gasteiger charge is 2.21. The molecule has 354 valence electrons. The van der Waals surface area contributed by atoms with E-state index in [0.29, 0.717) is 17.4 Å². The summed E-state index contributed by atoms with van der Waals surface area (Å²) in [5, 5.41) is 0. The maximum absolute atomic E-state index is 12.7. The van der Waals surface area contributed by atoms with Crippen LogP contribution >= 0.6 is 7.82 Å². The molecule has 0 aromatic heterocycles. The van der Waals surface area contributed by atoms with Gasteiger partial charge in [-0.05, 0) is 44.9 Å². The lowest BCUT2D eigenvalue weighted by Gasteiger charge is -2.28. The Bertz CT molecular complexity index is 1070. The molecule has 0 saturated heterocycles. The average Bonchev–Trinajstić information content (AvgIpc) is 3.20. The van der Waals surface area contributed by atoms with E-state index in [4.69, 9.17) is 18.5 Å². The summed E-state index contributed by atoms with van der Waals surface area (Å²) in [6.07, 6.45) is 47.7. The van der Waals surface area contributed by atoms with Crippen molar-refractivity contribution in [3.8, 4) is 0 Å². The topological polar surface area (TPSA) is 111 Å². The molecule has 0 spiro atoms. The van der Waals surface area contributed by atoms with Gasteiger partial charge in [0, 0.05) is 12.8 Å². The van der Waals surface area contributed by atoms with Crippen molar-refractivity contribution in [3.05, 3.63) is 24.3 Å². The first-order chi connectivity index (χ1) is 29.0. The number of carbonyl (C=O) groups excluding carboxylic acids is 2. The van der Waals surface area contributed by atoms with Crippen molar-refractivity contribution in [2.45, 2.75) is 238 Å². The summed E-state index contributed by atoms with van der Waals surface area (Å²) in [4.78, 5) is 37.7. The van der Waals surface area contributed by atoms with Gasteiger partial charge in [0.1, 0.15) is 19.8 Å². The summed E-state index contributed by atoms with van der Waals surface area (Å²) in [6.45, 7) is 4.23. The lowest BCUT2D eigenvalue weighted by atomic mass is 10.0. The number of hydrogen-bond donors (Lipinski definition) is 0. The van der Waals surface area contributed by atoms with Gasteiger partial charge in [0.05, 0.1) is 27.7 Å².